The van der Waals surface area contributed by atoms with Crippen molar-refractivity contribution in [3.05, 3.63) is 33.9 Å². The van der Waals surface area contributed by atoms with Gasteiger partial charge in [0.05, 0.1) is 11.9 Å². The number of aromatic nitrogens is 4. The third-order valence-electron chi connectivity index (χ3n) is 2.51. The van der Waals surface area contributed by atoms with Gasteiger partial charge in [0.2, 0.25) is 0 Å². The minimum absolute atomic E-state index is 0.139. The van der Waals surface area contributed by atoms with Crippen LogP contribution in [0.5, 0.6) is 0 Å². The fourth-order valence-electron chi connectivity index (χ4n) is 1.45. The molecule has 0 aliphatic carbocycles. The second-order valence-electron chi connectivity index (χ2n) is 3.55. The molecule has 0 unspecified atom stereocenters. The molecule has 0 aliphatic rings. The number of nitrogens with one attached hydrogen (secondary N) is 1. The molecule has 0 fully saturated rings. The molecule has 2 aromatic heterocycles. The van der Waals surface area contributed by atoms with Gasteiger partial charge in [-0.1, -0.05) is 0 Å². The van der Waals surface area contributed by atoms with Crippen molar-refractivity contribution in [2.75, 3.05) is 0 Å². The minimum Gasteiger partial charge on any atom is -0.275 e. The molecular formula is C10H12N4O. The van der Waals surface area contributed by atoms with E-state index in [0.717, 1.165) is 16.8 Å². The third kappa shape index (κ3) is 1.56. The molecule has 78 valence electrons. The van der Waals surface area contributed by atoms with Crippen molar-refractivity contribution < 1.29 is 0 Å². The molecule has 0 saturated heterocycles. The normalized spacial score (nSPS) is 10.6. The molecular weight excluding hydrogens is 192 g/mol. The van der Waals surface area contributed by atoms with Crippen LogP contribution in [-0.4, -0.2) is 20.0 Å². The Balaban J connectivity index is 2.64. The summed E-state index contributed by atoms with van der Waals surface area (Å²) in [7, 11) is 1.84. The average molecular weight is 204 g/mol. The van der Waals surface area contributed by atoms with Crippen molar-refractivity contribution in [1.82, 2.24) is 20.0 Å². The predicted octanol–water partition coefficient (Wildman–Crippen LogP) is 0.787. The zero-order chi connectivity index (χ0) is 11.0. The van der Waals surface area contributed by atoms with Crippen LogP contribution < -0.4 is 5.56 Å². The Hall–Kier alpha value is -1.91. The lowest BCUT2D eigenvalue weighted by atomic mass is 10.1. The lowest BCUT2D eigenvalue weighted by molar-refractivity contribution is 0.768. The summed E-state index contributed by atoms with van der Waals surface area (Å²) >= 11 is 0. The van der Waals surface area contributed by atoms with Crippen molar-refractivity contribution in [3.8, 4) is 11.3 Å². The van der Waals surface area contributed by atoms with Crippen molar-refractivity contribution in [1.29, 1.82) is 0 Å². The smallest absolute Gasteiger partial charge is 0.267 e. The van der Waals surface area contributed by atoms with E-state index in [9.17, 15) is 4.79 Å². The molecule has 1 N–H and O–H groups in total. The van der Waals surface area contributed by atoms with E-state index in [2.05, 4.69) is 15.3 Å². The molecule has 0 atom stereocenters. The Kier molecular flexibility index (Phi) is 2.15. The quantitative estimate of drug-likeness (QED) is 0.746. The van der Waals surface area contributed by atoms with Gasteiger partial charge in [-0.05, 0) is 19.4 Å². The van der Waals surface area contributed by atoms with Gasteiger partial charge in [-0.25, -0.2) is 5.10 Å². The molecule has 5 nitrogen and oxygen atoms in total. The Bertz CT molecular complexity index is 553. The molecule has 0 saturated carbocycles. The topological polar surface area (TPSA) is 63.6 Å². The van der Waals surface area contributed by atoms with Crippen molar-refractivity contribution >= 4 is 0 Å². The number of rotatable bonds is 1. The van der Waals surface area contributed by atoms with Crippen molar-refractivity contribution in [2.45, 2.75) is 13.8 Å². The van der Waals surface area contributed by atoms with Gasteiger partial charge < -0.3 is 0 Å². The van der Waals surface area contributed by atoms with E-state index in [4.69, 9.17) is 0 Å². The van der Waals surface area contributed by atoms with Crippen LogP contribution in [0.25, 0.3) is 11.3 Å². The van der Waals surface area contributed by atoms with E-state index in [0.29, 0.717) is 5.56 Å². The Labute approximate surface area is 86.8 Å². The van der Waals surface area contributed by atoms with Crippen LogP contribution in [0, 0.1) is 13.8 Å². The van der Waals surface area contributed by atoms with Gasteiger partial charge in [0.1, 0.15) is 0 Å². The van der Waals surface area contributed by atoms with E-state index >= 15 is 0 Å². The Morgan fingerprint density at radius 3 is 2.67 bits per heavy atom. The van der Waals surface area contributed by atoms with Crippen LogP contribution >= 0.6 is 0 Å². The van der Waals surface area contributed by atoms with Gasteiger partial charge in [0.25, 0.3) is 5.56 Å². The van der Waals surface area contributed by atoms with Gasteiger partial charge in [0.15, 0.2) is 0 Å². The molecule has 15 heavy (non-hydrogen) atoms. The highest BCUT2D eigenvalue weighted by molar-refractivity contribution is 5.61. The molecule has 0 bridgehead atoms. The number of hydrogen-bond donors (Lipinski definition) is 1. The molecule has 0 aliphatic heterocycles. The first-order chi connectivity index (χ1) is 7.09. The second kappa shape index (κ2) is 3.34. The molecule has 0 spiro atoms. The van der Waals surface area contributed by atoms with Crippen molar-refractivity contribution in [2.24, 2.45) is 7.05 Å². The molecule has 2 rings (SSSR count). The second-order valence-corrected chi connectivity index (χ2v) is 3.55. The number of aryl methyl sites for hydroxylation is 1. The van der Waals surface area contributed by atoms with Crippen LogP contribution in [0.1, 0.15) is 11.1 Å². The van der Waals surface area contributed by atoms with Crippen LogP contribution in [0.15, 0.2) is 17.2 Å². The molecule has 0 amide bonds. The monoisotopic (exact) mass is 204 g/mol. The fraction of sp³-hybridized carbons (Fsp3) is 0.300. The van der Waals surface area contributed by atoms with E-state index in [1.165, 1.54) is 0 Å². The van der Waals surface area contributed by atoms with Crippen LogP contribution in [-0.2, 0) is 7.05 Å². The maximum absolute atomic E-state index is 11.3. The predicted molar refractivity (Wildman–Crippen MR) is 56.5 cm³/mol. The van der Waals surface area contributed by atoms with Crippen LogP contribution in [0.3, 0.4) is 0 Å². The van der Waals surface area contributed by atoms with Crippen LogP contribution in [0.2, 0.25) is 0 Å². The summed E-state index contributed by atoms with van der Waals surface area (Å²) in [6.45, 7) is 3.68. The number of H-pyrrole nitrogens is 1. The van der Waals surface area contributed by atoms with Gasteiger partial charge in [-0.3, -0.25) is 9.48 Å². The van der Waals surface area contributed by atoms with E-state index < -0.39 is 0 Å². The summed E-state index contributed by atoms with van der Waals surface area (Å²) in [5, 5.41) is 10.6. The van der Waals surface area contributed by atoms with E-state index in [1.807, 2.05) is 20.2 Å². The molecule has 2 aromatic rings. The molecule has 2 heterocycles. The molecule has 5 heteroatoms. The van der Waals surface area contributed by atoms with Gasteiger partial charge in [0, 0.05) is 24.4 Å². The fourth-order valence-corrected chi connectivity index (χ4v) is 1.45. The Morgan fingerprint density at radius 1 is 1.33 bits per heavy atom. The van der Waals surface area contributed by atoms with Gasteiger partial charge in [-0.2, -0.15) is 10.2 Å². The largest absolute Gasteiger partial charge is 0.275 e. The maximum Gasteiger partial charge on any atom is 0.267 e. The van der Waals surface area contributed by atoms with E-state index in [-0.39, 0.29) is 5.56 Å². The number of aromatic amines is 1. The zero-order valence-electron chi connectivity index (χ0n) is 8.90. The lowest BCUT2D eigenvalue weighted by Gasteiger charge is -2.03. The van der Waals surface area contributed by atoms with Crippen LogP contribution in [0.4, 0.5) is 0 Å². The minimum atomic E-state index is -0.139. The summed E-state index contributed by atoms with van der Waals surface area (Å²) in [5.41, 5.74) is 3.14. The lowest BCUT2D eigenvalue weighted by Crippen LogP contribution is -2.14. The number of hydrogen-bond acceptors (Lipinski definition) is 3. The van der Waals surface area contributed by atoms with E-state index in [1.54, 1.807) is 17.8 Å². The standard InChI is InChI=1S/C10H12N4O/c1-6-7(2)10(15)13-12-9(6)8-4-11-14(3)5-8/h4-5H,1-3H3,(H,13,15). The highest BCUT2D eigenvalue weighted by Gasteiger charge is 2.09. The molecule has 0 aromatic carbocycles. The first-order valence-electron chi connectivity index (χ1n) is 4.64. The maximum atomic E-state index is 11.3. The summed E-state index contributed by atoms with van der Waals surface area (Å²) in [4.78, 5) is 11.3. The third-order valence-corrected chi connectivity index (χ3v) is 2.51. The average Bonchev–Trinajstić information content (AvgIpc) is 2.61. The summed E-state index contributed by atoms with van der Waals surface area (Å²) < 4.78 is 1.71. The number of nitrogens with zero attached hydrogens (tertiary/aromatic N) is 3. The first-order valence-corrected chi connectivity index (χ1v) is 4.64. The summed E-state index contributed by atoms with van der Waals surface area (Å²) in [5.74, 6) is 0. The Morgan fingerprint density at radius 2 is 2.07 bits per heavy atom. The van der Waals surface area contributed by atoms with Crippen molar-refractivity contribution in [3.63, 3.8) is 0 Å². The highest BCUT2D eigenvalue weighted by Crippen LogP contribution is 2.19. The molecule has 0 radical (unpaired) electrons. The first kappa shape index (κ1) is 9.64. The summed E-state index contributed by atoms with van der Waals surface area (Å²) in [6.07, 6.45) is 3.60. The SMILES string of the molecule is Cc1c(-c2cnn(C)c2)n[nH]c(=O)c1C. The van der Waals surface area contributed by atoms with Gasteiger partial charge >= 0.3 is 0 Å². The van der Waals surface area contributed by atoms with Gasteiger partial charge in [-0.15, -0.1) is 0 Å². The summed E-state index contributed by atoms with van der Waals surface area (Å²) in [6, 6.07) is 0. The zero-order valence-corrected chi connectivity index (χ0v) is 8.90. The highest BCUT2D eigenvalue weighted by atomic mass is 16.1.